The molecule has 0 saturated carbocycles. The van der Waals surface area contributed by atoms with Crippen LogP contribution in [0, 0.1) is 5.92 Å². The summed E-state index contributed by atoms with van der Waals surface area (Å²) in [5.41, 5.74) is 0.345. The lowest BCUT2D eigenvalue weighted by Gasteiger charge is -2.54. The van der Waals surface area contributed by atoms with Crippen LogP contribution in [0.15, 0.2) is 30.3 Å². The summed E-state index contributed by atoms with van der Waals surface area (Å²) in [6.45, 7) is 1.79. The molecule has 1 aromatic rings. The number of piperidine rings is 2. The molecule has 1 N–H and O–H groups in total. The Morgan fingerprint density at radius 3 is 2.42 bits per heavy atom. The van der Waals surface area contributed by atoms with Gasteiger partial charge in [0.25, 0.3) is 0 Å². The van der Waals surface area contributed by atoms with Crippen molar-refractivity contribution < 1.29 is 19.4 Å². The molecule has 0 aliphatic carbocycles. The average Bonchev–Trinajstić information content (AvgIpc) is 2.67. The Morgan fingerprint density at radius 2 is 1.77 bits per heavy atom. The first-order valence-corrected chi connectivity index (χ1v) is 9.95. The minimum absolute atomic E-state index is 0.0959. The Labute approximate surface area is 155 Å². The summed E-state index contributed by atoms with van der Waals surface area (Å²) < 4.78 is 11.1. The van der Waals surface area contributed by atoms with Gasteiger partial charge in [-0.1, -0.05) is 30.3 Å². The van der Waals surface area contributed by atoms with Gasteiger partial charge in [0.2, 0.25) is 0 Å². The Bertz CT molecular complexity index is 600. The number of rotatable bonds is 3. The van der Waals surface area contributed by atoms with Crippen LogP contribution in [0.3, 0.4) is 0 Å². The topological polar surface area (TPSA) is 59.0 Å². The van der Waals surface area contributed by atoms with E-state index in [1.807, 2.05) is 35.2 Å². The fourth-order valence-electron chi connectivity index (χ4n) is 5.13. The van der Waals surface area contributed by atoms with Gasteiger partial charge < -0.3 is 19.5 Å². The molecule has 0 spiro atoms. The first-order valence-electron chi connectivity index (χ1n) is 9.95. The van der Waals surface area contributed by atoms with Gasteiger partial charge in [-0.05, 0) is 56.4 Å². The Morgan fingerprint density at radius 1 is 1.12 bits per heavy atom. The van der Waals surface area contributed by atoms with Crippen molar-refractivity contribution in [2.24, 2.45) is 5.92 Å². The Balaban J connectivity index is 1.42. The lowest BCUT2D eigenvalue weighted by Crippen LogP contribution is -2.62. The maximum Gasteiger partial charge on any atom is 0.410 e. The molecule has 3 heterocycles. The van der Waals surface area contributed by atoms with E-state index in [9.17, 15) is 9.90 Å². The number of nitrogens with zero attached hydrogens (tertiary/aromatic N) is 1. The zero-order valence-corrected chi connectivity index (χ0v) is 15.3. The van der Waals surface area contributed by atoms with E-state index in [0.29, 0.717) is 25.4 Å². The number of hydrogen-bond donors (Lipinski definition) is 1. The van der Waals surface area contributed by atoms with Crippen molar-refractivity contribution in [3.8, 4) is 0 Å². The third-order valence-electron chi connectivity index (χ3n) is 6.44. The van der Waals surface area contributed by atoms with Gasteiger partial charge in [-0.25, -0.2) is 4.79 Å². The number of amides is 1. The summed E-state index contributed by atoms with van der Waals surface area (Å²) in [5, 5.41) is 11.4. The van der Waals surface area contributed by atoms with Crippen LogP contribution < -0.4 is 0 Å². The Kier molecular flexibility index (Phi) is 5.18. The normalized spacial score (nSPS) is 32.3. The standard InChI is InChI=1S/C21H29NO4/c23-20(26-15-16-5-2-1-3-6-16)22-18-7-4-8-19(22)14-21(24,13-18)17-9-11-25-12-10-17/h1-3,5-6,17-19,24H,4,7-15H2. The molecule has 2 bridgehead atoms. The number of hydrogen-bond acceptors (Lipinski definition) is 4. The van der Waals surface area contributed by atoms with Crippen LogP contribution in [0.1, 0.15) is 50.5 Å². The minimum atomic E-state index is -0.657. The van der Waals surface area contributed by atoms with Gasteiger partial charge in [-0.2, -0.15) is 0 Å². The third kappa shape index (κ3) is 3.60. The van der Waals surface area contributed by atoms with Gasteiger partial charge in [-0.3, -0.25) is 0 Å². The molecule has 4 rings (SSSR count). The van der Waals surface area contributed by atoms with Crippen LogP contribution in [0.2, 0.25) is 0 Å². The molecular formula is C21H29NO4. The lowest BCUT2D eigenvalue weighted by molar-refractivity contribution is -0.134. The monoisotopic (exact) mass is 359 g/mol. The zero-order chi connectivity index (χ0) is 18.0. The molecule has 1 aromatic carbocycles. The maximum atomic E-state index is 12.8. The molecule has 3 aliphatic heterocycles. The number of fused-ring (bicyclic) bond motifs is 2. The molecule has 142 valence electrons. The molecule has 26 heavy (non-hydrogen) atoms. The number of benzene rings is 1. The number of carbonyl (C=O) groups excluding carboxylic acids is 1. The van der Waals surface area contributed by atoms with Gasteiger partial charge in [0.05, 0.1) is 5.60 Å². The molecule has 0 radical (unpaired) electrons. The van der Waals surface area contributed by atoms with E-state index in [0.717, 1.165) is 50.9 Å². The summed E-state index contributed by atoms with van der Waals surface area (Å²) >= 11 is 0. The molecule has 5 heteroatoms. The van der Waals surface area contributed by atoms with E-state index in [4.69, 9.17) is 9.47 Å². The predicted octanol–water partition coefficient (Wildman–Crippen LogP) is 3.50. The molecule has 3 saturated heterocycles. The molecule has 2 atom stereocenters. The lowest BCUT2D eigenvalue weighted by atomic mass is 9.68. The van der Waals surface area contributed by atoms with Crippen LogP contribution in [-0.2, 0) is 16.1 Å². The predicted molar refractivity (Wildman–Crippen MR) is 97.6 cm³/mol. The molecule has 3 aliphatic rings. The van der Waals surface area contributed by atoms with E-state index >= 15 is 0 Å². The van der Waals surface area contributed by atoms with E-state index in [1.165, 1.54) is 0 Å². The summed E-state index contributed by atoms with van der Waals surface area (Å²) in [4.78, 5) is 14.7. The minimum Gasteiger partial charge on any atom is -0.445 e. The number of carbonyl (C=O) groups is 1. The maximum absolute atomic E-state index is 12.8. The van der Waals surface area contributed by atoms with Gasteiger partial charge >= 0.3 is 6.09 Å². The molecule has 3 fully saturated rings. The highest BCUT2D eigenvalue weighted by Gasteiger charge is 2.51. The summed E-state index contributed by atoms with van der Waals surface area (Å²) in [6, 6.07) is 9.98. The fourth-order valence-corrected chi connectivity index (χ4v) is 5.13. The molecule has 0 aromatic heterocycles. The molecule has 5 nitrogen and oxygen atoms in total. The summed E-state index contributed by atoms with van der Waals surface area (Å²) in [5.74, 6) is 0.293. The van der Waals surface area contributed by atoms with Crippen molar-refractivity contribution in [2.45, 2.75) is 69.2 Å². The SMILES string of the molecule is O=C(OCc1ccccc1)N1C2CCCC1CC(O)(C1CCOCC1)C2. The summed E-state index contributed by atoms with van der Waals surface area (Å²) in [7, 11) is 0. The Hall–Kier alpha value is -1.59. The fraction of sp³-hybridized carbons (Fsp3) is 0.667. The largest absolute Gasteiger partial charge is 0.445 e. The average molecular weight is 359 g/mol. The second-order valence-electron chi connectivity index (χ2n) is 8.08. The van der Waals surface area contributed by atoms with Crippen LogP contribution in [-0.4, -0.2) is 47.0 Å². The van der Waals surface area contributed by atoms with Crippen LogP contribution in [0.5, 0.6) is 0 Å². The van der Waals surface area contributed by atoms with Crippen LogP contribution >= 0.6 is 0 Å². The van der Waals surface area contributed by atoms with Crippen LogP contribution in [0.25, 0.3) is 0 Å². The van der Waals surface area contributed by atoms with Crippen molar-refractivity contribution in [1.29, 1.82) is 0 Å². The van der Waals surface area contributed by atoms with E-state index in [2.05, 4.69) is 0 Å². The number of ether oxygens (including phenoxy) is 2. The molecular weight excluding hydrogens is 330 g/mol. The second kappa shape index (κ2) is 7.57. The van der Waals surface area contributed by atoms with E-state index in [-0.39, 0.29) is 18.2 Å². The highest BCUT2D eigenvalue weighted by Crippen LogP contribution is 2.45. The van der Waals surface area contributed by atoms with E-state index < -0.39 is 5.60 Å². The quantitative estimate of drug-likeness (QED) is 0.897. The van der Waals surface area contributed by atoms with Gasteiger partial charge in [0.15, 0.2) is 0 Å². The molecule has 2 unspecified atom stereocenters. The van der Waals surface area contributed by atoms with Crippen LogP contribution in [0.4, 0.5) is 4.79 Å². The first kappa shape index (κ1) is 17.8. The third-order valence-corrected chi connectivity index (χ3v) is 6.44. The van der Waals surface area contributed by atoms with E-state index in [1.54, 1.807) is 0 Å². The van der Waals surface area contributed by atoms with Crippen molar-refractivity contribution in [3.05, 3.63) is 35.9 Å². The highest BCUT2D eigenvalue weighted by molar-refractivity contribution is 5.69. The van der Waals surface area contributed by atoms with Crippen molar-refractivity contribution in [2.75, 3.05) is 13.2 Å². The molecule has 1 amide bonds. The van der Waals surface area contributed by atoms with Gasteiger partial charge in [-0.15, -0.1) is 0 Å². The smallest absolute Gasteiger partial charge is 0.410 e. The van der Waals surface area contributed by atoms with Crippen molar-refractivity contribution >= 4 is 6.09 Å². The van der Waals surface area contributed by atoms with Crippen molar-refractivity contribution in [1.82, 2.24) is 4.90 Å². The van der Waals surface area contributed by atoms with Crippen molar-refractivity contribution in [3.63, 3.8) is 0 Å². The zero-order valence-electron chi connectivity index (χ0n) is 15.3. The first-order chi connectivity index (χ1) is 12.7. The van der Waals surface area contributed by atoms with Gasteiger partial charge in [0.1, 0.15) is 6.61 Å². The van der Waals surface area contributed by atoms with Gasteiger partial charge in [0, 0.05) is 25.3 Å². The number of aliphatic hydroxyl groups is 1. The second-order valence-corrected chi connectivity index (χ2v) is 8.08. The highest BCUT2D eigenvalue weighted by atomic mass is 16.6. The summed E-state index contributed by atoms with van der Waals surface area (Å²) in [6.07, 6.45) is 6.02.